The summed E-state index contributed by atoms with van der Waals surface area (Å²) >= 11 is 5.18. The summed E-state index contributed by atoms with van der Waals surface area (Å²) in [6, 6.07) is 2.03. The van der Waals surface area contributed by atoms with Crippen LogP contribution >= 0.6 is 27.3 Å². The normalized spacial score (nSPS) is 10.8. The molecule has 0 amide bonds. The Bertz CT molecular complexity index is 438. The van der Waals surface area contributed by atoms with Crippen molar-refractivity contribution in [2.24, 2.45) is 0 Å². The zero-order valence-electron chi connectivity index (χ0n) is 8.14. The maximum absolute atomic E-state index is 3.95. The molecule has 2 aromatic heterocycles. The van der Waals surface area contributed by atoms with E-state index < -0.39 is 0 Å². The average molecular weight is 288 g/mol. The first-order valence-corrected chi connectivity index (χ1v) is 6.10. The number of hydrogen-bond acceptors (Lipinski definition) is 5. The Labute approximate surface area is 99.6 Å². The molecule has 0 unspecified atom stereocenters. The molecular weight excluding hydrogens is 278 g/mol. The van der Waals surface area contributed by atoms with Crippen molar-refractivity contribution in [3.05, 3.63) is 26.6 Å². The van der Waals surface area contributed by atoms with Crippen LogP contribution in [-0.4, -0.2) is 27.3 Å². The molecule has 2 heterocycles. The minimum atomic E-state index is 0.677. The first-order valence-electron chi connectivity index (χ1n) is 4.42. The minimum Gasteiger partial charge on any atom is -0.313 e. The van der Waals surface area contributed by atoms with Crippen molar-refractivity contribution in [1.82, 2.24) is 25.5 Å². The van der Waals surface area contributed by atoms with Crippen LogP contribution in [-0.2, 0) is 13.1 Å². The standard InChI is InChI=1S/C8H10BrN5S/c1-10-4-8-11-12-13-14(8)5-7-6(9)2-3-15-7/h2-3,10H,4-5H2,1H3. The second kappa shape index (κ2) is 4.82. The highest BCUT2D eigenvalue weighted by molar-refractivity contribution is 9.10. The molecular formula is C8H10BrN5S. The molecule has 0 saturated heterocycles. The van der Waals surface area contributed by atoms with E-state index >= 15 is 0 Å². The fraction of sp³-hybridized carbons (Fsp3) is 0.375. The fourth-order valence-corrected chi connectivity index (χ4v) is 2.66. The van der Waals surface area contributed by atoms with E-state index in [-0.39, 0.29) is 0 Å². The summed E-state index contributed by atoms with van der Waals surface area (Å²) in [7, 11) is 1.88. The Kier molecular flexibility index (Phi) is 3.45. The van der Waals surface area contributed by atoms with Crippen LogP contribution in [0.4, 0.5) is 0 Å². The third-order valence-corrected chi connectivity index (χ3v) is 3.84. The van der Waals surface area contributed by atoms with Gasteiger partial charge in [0, 0.05) is 9.35 Å². The van der Waals surface area contributed by atoms with Crippen molar-refractivity contribution in [3.63, 3.8) is 0 Å². The maximum atomic E-state index is 3.95. The highest BCUT2D eigenvalue weighted by Crippen LogP contribution is 2.23. The fourth-order valence-electron chi connectivity index (χ4n) is 1.20. The van der Waals surface area contributed by atoms with Gasteiger partial charge in [-0.15, -0.1) is 16.4 Å². The molecule has 0 bridgehead atoms. The highest BCUT2D eigenvalue weighted by atomic mass is 79.9. The molecule has 0 aliphatic carbocycles. The van der Waals surface area contributed by atoms with Crippen LogP contribution in [0, 0.1) is 0 Å². The molecule has 80 valence electrons. The van der Waals surface area contributed by atoms with Gasteiger partial charge in [0.15, 0.2) is 5.82 Å². The van der Waals surface area contributed by atoms with Gasteiger partial charge in [-0.3, -0.25) is 0 Å². The second-order valence-corrected chi connectivity index (χ2v) is 4.83. The number of tetrazole rings is 1. The van der Waals surface area contributed by atoms with E-state index in [0.717, 1.165) is 10.3 Å². The van der Waals surface area contributed by atoms with Crippen molar-refractivity contribution in [2.75, 3.05) is 7.05 Å². The molecule has 0 fully saturated rings. The van der Waals surface area contributed by atoms with Gasteiger partial charge in [0.2, 0.25) is 0 Å². The summed E-state index contributed by atoms with van der Waals surface area (Å²) < 4.78 is 2.91. The molecule has 1 N–H and O–H groups in total. The zero-order chi connectivity index (χ0) is 10.7. The van der Waals surface area contributed by atoms with E-state index in [9.17, 15) is 0 Å². The Morgan fingerprint density at radius 2 is 2.47 bits per heavy atom. The molecule has 15 heavy (non-hydrogen) atoms. The lowest BCUT2D eigenvalue weighted by atomic mass is 10.4. The van der Waals surface area contributed by atoms with E-state index in [1.54, 1.807) is 16.0 Å². The molecule has 0 radical (unpaired) electrons. The van der Waals surface area contributed by atoms with Crippen LogP contribution in [0.5, 0.6) is 0 Å². The molecule has 0 atom stereocenters. The lowest BCUT2D eigenvalue weighted by Gasteiger charge is -2.02. The van der Waals surface area contributed by atoms with Crippen LogP contribution in [0.1, 0.15) is 10.7 Å². The second-order valence-electron chi connectivity index (χ2n) is 2.97. The average Bonchev–Trinajstić information content (AvgIpc) is 2.80. The summed E-state index contributed by atoms with van der Waals surface area (Å²) in [5, 5.41) is 16.6. The number of rotatable bonds is 4. The summed E-state index contributed by atoms with van der Waals surface area (Å²) in [6.07, 6.45) is 0. The first-order chi connectivity index (χ1) is 7.31. The number of hydrogen-bond donors (Lipinski definition) is 1. The van der Waals surface area contributed by atoms with Gasteiger partial charge in [-0.1, -0.05) is 0 Å². The summed E-state index contributed by atoms with van der Waals surface area (Å²) in [5.74, 6) is 0.845. The van der Waals surface area contributed by atoms with Gasteiger partial charge < -0.3 is 5.32 Å². The molecule has 5 nitrogen and oxygen atoms in total. The zero-order valence-corrected chi connectivity index (χ0v) is 10.5. The van der Waals surface area contributed by atoms with Crippen molar-refractivity contribution < 1.29 is 0 Å². The highest BCUT2D eigenvalue weighted by Gasteiger charge is 2.08. The van der Waals surface area contributed by atoms with Gasteiger partial charge >= 0.3 is 0 Å². The van der Waals surface area contributed by atoms with E-state index in [0.29, 0.717) is 13.1 Å². The Balaban J connectivity index is 2.17. The lowest BCUT2D eigenvalue weighted by Crippen LogP contribution is -2.13. The van der Waals surface area contributed by atoms with E-state index in [1.165, 1.54) is 4.88 Å². The SMILES string of the molecule is CNCc1nnnn1Cc1sccc1Br. The van der Waals surface area contributed by atoms with Crippen LogP contribution in [0.25, 0.3) is 0 Å². The Morgan fingerprint density at radius 3 is 3.13 bits per heavy atom. The van der Waals surface area contributed by atoms with E-state index in [4.69, 9.17) is 0 Å². The Morgan fingerprint density at radius 1 is 1.60 bits per heavy atom. The van der Waals surface area contributed by atoms with Crippen molar-refractivity contribution in [2.45, 2.75) is 13.1 Å². The smallest absolute Gasteiger partial charge is 0.165 e. The van der Waals surface area contributed by atoms with E-state index in [2.05, 4.69) is 36.8 Å². The van der Waals surface area contributed by atoms with Crippen LogP contribution < -0.4 is 5.32 Å². The number of thiophene rings is 1. The van der Waals surface area contributed by atoms with Gasteiger partial charge in [0.05, 0.1) is 13.1 Å². The molecule has 0 aliphatic rings. The van der Waals surface area contributed by atoms with Gasteiger partial charge in [0.25, 0.3) is 0 Å². The number of nitrogens with one attached hydrogen (secondary N) is 1. The molecule has 0 saturated carbocycles. The molecule has 7 heteroatoms. The number of halogens is 1. The van der Waals surface area contributed by atoms with Crippen LogP contribution in [0.3, 0.4) is 0 Å². The summed E-state index contributed by atoms with van der Waals surface area (Å²) in [6.45, 7) is 1.39. The summed E-state index contributed by atoms with van der Waals surface area (Å²) in [4.78, 5) is 1.22. The van der Waals surface area contributed by atoms with Crippen LogP contribution in [0.15, 0.2) is 15.9 Å². The van der Waals surface area contributed by atoms with Crippen molar-refractivity contribution >= 4 is 27.3 Å². The monoisotopic (exact) mass is 287 g/mol. The Hall–Kier alpha value is -0.790. The number of aromatic nitrogens is 4. The quantitative estimate of drug-likeness (QED) is 0.920. The maximum Gasteiger partial charge on any atom is 0.165 e. The third kappa shape index (κ3) is 2.42. The molecule has 2 aromatic rings. The van der Waals surface area contributed by atoms with E-state index in [1.807, 2.05) is 18.5 Å². The van der Waals surface area contributed by atoms with Crippen LogP contribution in [0.2, 0.25) is 0 Å². The van der Waals surface area contributed by atoms with Crippen molar-refractivity contribution in [1.29, 1.82) is 0 Å². The molecule has 2 rings (SSSR count). The molecule has 0 aromatic carbocycles. The predicted octanol–water partition coefficient (Wildman–Crippen LogP) is 1.26. The largest absolute Gasteiger partial charge is 0.313 e. The summed E-state index contributed by atoms with van der Waals surface area (Å²) in [5.41, 5.74) is 0. The first kappa shape index (κ1) is 10.7. The van der Waals surface area contributed by atoms with Gasteiger partial charge in [0.1, 0.15) is 0 Å². The number of nitrogens with zero attached hydrogens (tertiary/aromatic N) is 4. The topological polar surface area (TPSA) is 55.6 Å². The van der Waals surface area contributed by atoms with Gasteiger partial charge in [-0.25, -0.2) is 4.68 Å². The van der Waals surface area contributed by atoms with Crippen molar-refractivity contribution in [3.8, 4) is 0 Å². The lowest BCUT2D eigenvalue weighted by molar-refractivity contribution is 0.605. The third-order valence-electron chi connectivity index (χ3n) is 1.93. The predicted molar refractivity (Wildman–Crippen MR) is 61.7 cm³/mol. The van der Waals surface area contributed by atoms with Gasteiger partial charge in [-0.05, 0) is 44.9 Å². The van der Waals surface area contributed by atoms with Gasteiger partial charge in [-0.2, -0.15) is 0 Å². The minimum absolute atomic E-state index is 0.677. The molecule has 0 spiro atoms. The molecule has 0 aliphatic heterocycles.